The highest BCUT2D eigenvalue weighted by molar-refractivity contribution is 6.30. The Bertz CT molecular complexity index is 1120. The van der Waals surface area contributed by atoms with E-state index >= 15 is 0 Å². The van der Waals surface area contributed by atoms with E-state index in [0.717, 1.165) is 0 Å². The Morgan fingerprint density at radius 3 is 2.47 bits per heavy atom. The summed E-state index contributed by atoms with van der Waals surface area (Å²) in [6.45, 7) is 4.04. The fraction of sp³-hybridized carbons (Fsp3) is 0.227. The molecule has 0 fully saturated rings. The highest BCUT2D eigenvalue weighted by Gasteiger charge is 2.15. The van der Waals surface area contributed by atoms with Crippen molar-refractivity contribution in [1.29, 1.82) is 0 Å². The Morgan fingerprint density at radius 2 is 1.77 bits per heavy atom. The molecule has 0 spiro atoms. The number of fused-ring (bicyclic) bond motifs is 1. The van der Waals surface area contributed by atoms with Crippen molar-refractivity contribution in [3.63, 3.8) is 0 Å². The van der Waals surface area contributed by atoms with Gasteiger partial charge in [0.15, 0.2) is 6.61 Å². The predicted molar refractivity (Wildman–Crippen MR) is 112 cm³/mol. The lowest BCUT2D eigenvalue weighted by molar-refractivity contribution is -0.136. The van der Waals surface area contributed by atoms with Crippen molar-refractivity contribution in [2.45, 2.75) is 13.8 Å². The molecule has 0 aliphatic rings. The van der Waals surface area contributed by atoms with Gasteiger partial charge in [0.1, 0.15) is 22.6 Å². The topological polar surface area (TPSA) is 94.8 Å². The Hall–Kier alpha value is -3.32. The summed E-state index contributed by atoms with van der Waals surface area (Å²) in [5.41, 5.74) is -0.646. The van der Waals surface area contributed by atoms with Crippen molar-refractivity contribution in [3.05, 3.63) is 69.5 Å². The van der Waals surface area contributed by atoms with Gasteiger partial charge in [-0.05, 0) is 48.4 Å². The maximum Gasteiger partial charge on any atom is 0.349 e. The van der Waals surface area contributed by atoms with Crippen molar-refractivity contribution in [1.82, 2.24) is 5.32 Å². The summed E-state index contributed by atoms with van der Waals surface area (Å²) >= 11 is 5.80. The van der Waals surface area contributed by atoms with Crippen LogP contribution in [0.3, 0.4) is 0 Å². The fourth-order valence-corrected chi connectivity index (χ4v) is 2.67. The first kappa shape index (κ1) is 21.4. The number of carbonyl (C=O) groups excluding carboxylic acids is 2. The number of nitrogens with one attached hydrogen (secondary N) is 1. The fourth-order valence-electron chi connectivity index (χ4n) is 2.54. The Morgan fingerprint density at radius 1 is 1.07 bits per heavy atom. The molecule has 0 unspecified atom stereocenters. The molecule has 30 heavy (non-hydrogen) atoms. The molecule has 1 N–H and O–H groups in total. The normalized spacial score (nSPS) is 10.8. The average Bonchev–Trinajstić information content (AvgIpc) is 2.71. The highest BCUT2D eigenvalue weighted by atomic mass is 35.5. The highest BCUT2D eigenvalue weighted by Crippen LogP contribution is 2.21. The maximum absolute atomic E-state index is 12.2. The lowest BCUT2D eigenvalue weighted by Crippen LogP contribution is -2.31. The molecule has 8 heteroatoms. The van der Waals surface area contributed by atoms with Crippen LogP contribution in [0.25, 0.3) is 11.0 Å². The molecule has 0 aliphatic heterocycles. The number of carbonyl (C=O) groups is 2. The molecule has 2 aromatic carbocycles. The molecule has 0 saturated carbocycles. The minimum Gasteiger partial charge on any atom is -0.482 e. The van der Waals surface area contributed by atoms with Crippen LogP contribution < -0.4 is 20.4 Å². The second-order valence-electron chi connectivity index (χ2n) is 6.97. The number of amides is 1. The van der Waals surface area contributed by atoms with E-state index in [4.69, 9.17) is 25.5 Å². The van der Waals surface area contributed by atoms with E-state index < -0.39 is 17.5 Å². The van der Waals surface area contributed by atoms with Gasteiger partial charge in [-0.15, -0.1) is 0 Å². The van der Waals surface area contributed by atoms with Crippen LogP contribution in [0.1, 0.15) is 24.2 Å². The lowest BCUT2D eigenvalue weighted by atomic mass is 10.1. The third-order valence-corrected chi connectivity index (χ3v) is 4.28. The molecule has 0 radical (unpaired) electrons. The van der Waals surface area contributed by atoms with Crippen LogP contribution >= 0.6 is 11.6 Å². The van der Waals surface area contributed by atoms with E-state index in [1.807, 2.05) is 13.8 Å². The van der Waals surface area contributed by atoms with Gasteiger partial charge in [-0.25, -0.2) is 9.59 Å². The van der Waals surface area contributed by atoms with Crippen molar-refractivity contribution in [2.75, 3.05) is 13.2 Å². The summed E-state index contributed by atoms with van der Waals surface area (Å²) in [7, 11) is 0. The van der Waals surface area contributed by atoms with Gasteiger partial charge in [-0.1, -0.05) is 25.4 Å². The summed E-state index contributed by atoms with van der Waals surface area (Å²) in [6, 6.07) is 12.6. The van der Waals surface area contributed by atoms with Gasteiger partial charge >= 0.3 is 11.6 Å². The molecule has 0 saturated heterocycles. The molecule has 0 atom stereocenters. The quantitative estimate of drug-likeness (QED) is 0.348. The third-order valence-electron chi connectivity index (χ3n) is 4.02. The number of rotatable bonds is 7. The molecular formula is C22H20ClNO6. The third kappa shape index (κ3) is 5.61. The first-order valence-corrected chi connectivity index (χ1v) is 9.65. The van der Waals surface area contributed by atoms with Crippen LogP contribution in [0.2, 0.25) is 5.02 Å². The smallest absolute Gasteiger partial charge is 0.349 e. The van der Waals surface area contributed by atoms with Crippen molar-refractivity contribution >= 4 is 34.4 Å². The minimum absolute atomic E-state index is 0.0794. The maximum atomic E-state index is 12.2. The zero-order valence-electron chi connectivity index (χ0n) is 16.4. The molecule has 7 nitrogen and oxygen atoms in total. The van der Waals surface area contributed by atoms with E-state index in [-0.39, 0.29) is 29.4 Å². The molecule has 1 aromatic heterocycles. The lowest BCUT2D eigenvalue weighted by Gasteiger charge is -2.09. The Labute approximate surface area is 177 Å². The van der Waals surface area contributed by atoms with Crippen molar-refractivity contribution < 1.29 is 23.5 Å². The van der Waals surface area contributed by atoms with Gasteiger partial charge in [0.05, 0.1) is 0 Å². The molecular weight excluding hydrogens is 410 g/mol. The number of esters is 1. The number of benzene rings is 2. The minimum atomic E-state index is -0.765. The van der Waals surface area contributed by atoms with Crippen LogP contribution in [0.5, 0.6) is 11.5 Å². The van der Waals surface area contributed by atoms with E-state index in [9.17, 15) is 14.4 Å². The van der Waals surface area contributed by atoms with Crippen LogP contribution in [-0.4, -0.2) is 25.0 Å². The predicted octanol–water partition coefficient (Wildman–Crippen LogP) is 3.82. The largest absolute Gasteiger partial charge is 0.482 e. The summed E-state index contributed by atoms with van der Waals surface area (Å²) in [6.07, 6.45) is 0. The standard InChI is InChI=1S/C22H20ClNO6/c1-13(2)11-24-21(26)18-9-14-3-6-17(10-19(14)30-22(18)27)29-20(25)12-28-16-7-4-15(23)5-8-16/h3-10,13H,11-12H2,1-2H3,(H,24,26). The van der Waals surface area contributed by atoms with Gasteiger partial charge in [-0.2, -0.15) is 0 Å². The summed E-state index contributed by atoms with van der Waals surface area (Å²) in [5.74, 6) is -0.204. The number of hydrogen-bond acceptors (Lipinski definition) is 6. The zero-order valence-corrected chi connectivity index (χ0v) is 17.2. The monoisotopic (exact) mass is 429 g/mol. The number of hydrogen-bond donors (Lipinski definition) is 1. The summed E-state index contributed by atoms with van der Waals surface area (Å²) in [4.78, 5) is 36.4. The average molecular weight is 430 g/mol. The second kappa shape index (κ2) is 9.45. The Kier molecular flexibility index (Phi) is 6.74. The summed E-state index contributed by atoms with van der Waals surface area (Å²) < 4.78 is 15.8. The van der Waals surface area contributed by atoms with Crippen molar-refractivity contribution in [3.8, 4) is 11.5 Å². The zero-order chi connectivity index (χ0) is 21.7. The molecule has 0 aliphatic carbocycles. The molecule has 3 rings (SSSR count). The molecule has 156 valence electrons. The molecule has 1 heterocycles. The van der Waals surface area contributed by atoms with E-state index in [1.54, 1.807) is 36.4 Å². The van der Waals surface area contributed by atoms with E-state index in [1.165, 1.54) is 12.1 Å². The van der Waals surface area contributed by atoms with Crippen LogP contribution in [0, 0.1) is 5.92 Å². The van der Waals surface area contributed by atoms with Crippen molar-refractivity contribution in [2.24, 2.45) is 5.92 Å². The van der Waals surface area contributed by atoms with Gasteiger partial charge in [0, 0.05) is 23.0 Å². The second-order valence-corrected chi connectivity index (χ2v) is 7.40. The van der Waals surface area contributed by atoms with Crippen LogP contribution in [0.15, 0.2) is 57.7 Å². The van der Waals surface area contributed by atoms with Gasteiger partial charge in [0.2, 0.25) is 0 Å². The van der Waals surface area contributed by atoms with E-state index in [0.29, 0.717) is 22.7 Å². The molecule has 3 aromatic rings. The Balaban J connectivity index is 1.68. The number of ether oxygens (including phenoxy) is 2. The van der Waals surface area contributed by atoms with Gasteiger partial charge < -0.3 is 19.2 Å². The first-order valence-electron chi connectivity index (χ1n) is 9.27. The molecule has 0 bridgehead atoms. The van der Waals surface area contributed by atoms with Crippen LogP contribution in [0.4, 0.5) is 0 Å². The van der Waals surface area contributed by atoms with E-state index in [2.05, 4.69) is 5.32 Å². The van der Waals surface area contributed by atoms with Gasteiger partial charge in [-0.3, -0.25) is 4.79 Å². The number of halogens is 1. The van der Waals surface area contributed by atoms with Crippen LogP contribution in [-0.2, 0) is 4.79 Å². The first-order chi connectivity index (χ1) is 14.3. The summed E-state index contributed by atoms with van der Waals surface area (Å²) in [5, 5.41) is 3.77. The van der Waals surface area contributed by atoms with Gasteiger partial charge in [0.25, 0.3) is 5.91 Å². The molecule has 1 amide bonds. The SMILES string of the molecule is CC(C)CNC(=O)c1cc2ccc(OC(=O)COc3ccc(Cl)cc3)cc2oc1=O.